The first-order valence-corrected chi connectivity index (χ1v) is 5.05. The predicted molar refractivity (Wildman–Crippen MR) is 51.9 cm³/mol. The summed E-state index contributed by atoms with van der Waals surface area (Å²) in [6.07, 6.45) is 1.98. The molecule has 0 radical (unpaired) electrons. The molecule has 0 aromatic carbocycles. The van der Waals surface area contributed by atoms with Crippen LogP contribution in [0, 0.1) is 0 Å². The van der Waals surface area contributed by atoms with E-state index >= 15 is 0 Å². The first-order valence-electron chi connectivity index (χ1n) is 5.05. The number of carbonyl (C=O) groups is 1. The van der Waals surface area contributed by atoms with Gasteiger partial charge < -0.3 is 10.2 Å². The Morgan fingerprint density at radius 1 is 1.40 bits per heavy atom. The maximum atomic E-state index is 11.7. The first-order chi connectivity index (χ1) is 7.36. The topological polar surface area (TPSA) is 75.9 Å². The molecule has 1 aliphatic heterocycles. The number of aromatic nitrogens is 4. The Balaban J connectivity index is 1.76. The molecule has 1 aromatic heterocycles. The van der Waals surface area contributed by atoms with Gasteiger partial charge >= 0.3 is 0 Å². The van der Waals surface area contributed by atoms with Crippen molar-refractivity contribution in [3.63, 3.8) is 0 Å². The van der Waals surface area contributed by atoms with E-state index in [-0.39, 0.29) is 5.91 Å². The van der Waals surface area contributed by atoms with Gasteiger partial charge in [-0.25, -0.2) is 4.68 Å². The summed E-state index contributed by atoms with van der Waals surface area (Å²) in [6, 6.07) is 0. The van der Waals surface area contributed by atoms with Crippen LogP contribution in [0.5, 0.6) is 0 Å². The lowest BCUT2D eigenvalue weighted by atomic mass is 10.3. The van der Waals surface area contributed by atoms with E-state index in [1.807, 2.05) is 4.90 Å². The van der Waals surface area contributed by atoms with E-state index in [2.05, 4.69) is 20.8 Å². The normalized spacial score (nSPS) is 16.7. The molecular formula is C8H14N6O. The van der Waals surface area contributed by atoms with E-state index in [9.17, 15) is 4.79 Å². The van der Waals surface area contributed by atoms with Crippen LogP contribution in [-0.2, 0) is 11.3 Å². The summed E-state index contributed by atoms with van der Waals surface area (Å²) < 4.78 is 1.57. The number of nitrogens with zero attached hydrogens (tertiary/aromatic N) is 5. The molecule has 1 aliphatic rings. The van der Waals surface area contributed by atoms with Gasteiger partial charge in [0.15, 0.2) is 0 Å². The standard InChI is InChI=1S/C8H14N6O/c15-8(13-5-2-9-3-6-13)1-4-14-7-10-11-12-14/h7,9H,1-6H2. The van der Waals surface area contributed by atoms with Crippen molar-refractivity contribution in [1.82, 2.24) is 30.4 Å². The molecule has 0 saturated carbocycles. The van der Waals surface area contributed by atoms with Gasteiger partial charge in [-0.2, -0.15) is 0 Å². The summed E-state index contributed by atoms with van der Waals surface area (Å²) in [6.45, 7) is 3.92. The molecule has 2 heterocycles. The first kappa shape index (κ1) is 10.0. The van der Waals surface area contributed by atoms with Crippen molar-refractivity contribution >= 4 is 5.91 Å². The van der Waals surface area contributed by atoms with Gasteiger partial charge in [0.1, 0.15) is 6.33 Å². The van der Waals surface area contributed by atoms with Gasteiger partial charge in [-0.15, -0.1) is 5.10 Å². The summed E-state index contributed by atoms with van der Waals surface area (Å²) >= 11 is 0. The monoisotopic (exact) mass is 210 g/mol. The molecule has 1 N–H and O–H groups in total. The Morgan fingerprint density at radius 3 is 2.87 bits per heavy atom. The Labute approximate surface area is 87.4 Å². The van der Waals surface area contributed by atoms with Crippen LogP contribution in [0.15, 0.2) is 6.33 Å². The molecule has 1 fully saturated rings. The molecule has 0 atom stereocenters. The highest BCUT2D eigenvalue weighted by Gasteiger charge is 2.15. The number of rotatable bonds is 3. The minimum Gasteiger partial charge on any atom is -0.340 e. The molecule has 7 heteroatoms. The second-order valence-electron chi connectivity index (χ2n) is 3.45. The molecule has 7 nitrogen and oxygen atoms in total. The average Bonchev–Trinajstić information content (AvgIpc) is 2.80. The number of aryl methyl sites for hydroxylation is 1. The van der Waals surface area contributed by atoms with Crippen LogP contribution in [-0.4, -0.2) is 57.2 Å². The van der Waals surface area contributed by atoms with Crippen molar-refractivity contribution in [2.45, 2.75) is 13.0 Å². The fraction of sp³-hybridized carbons (Fsp3) is 0.750. The van der Waals surface area contributed by atoms with Gasteiger partial charge in [0.2, 0.25) is 5.91 Å². The second kappa shape index (κ2) is 4.83. The number of hydrogen-bond acceptors (Lipinski definition) is 5. The number of amides is 1. The van der Waals surface area contributed by atoms with Gasteiger partial charge in [-0.3, -0.25) is 4.79 Å². The zero-order valence-electron chi connectivity index (χ0n) is 8.46. The van der Waals surface area contributed by atoms with Crippen molar-refractivity contribution in [3.8, 4) is 0 Å². The molecule has 0 unspecified atom stereocenters. The van der Waals surface area contributed by atoms with E-state index in [0.717, 1.165) is 26.2 Å². The maximum absolute atomic E-state index is 11.7. The van der Waals surface area contributed by atoms with Gasteiger partial charge in [-0.1, -0.05) is 0 Å². The summed E-state index contributed by atoms with van der Waals surface area (Å²) in [5.74, 6) is 0.173. The van der Waals surface area contributed by atoms with Crippen LogP contribution in [0.4, 0.5) is 0 Å². The van der Waals surface area contributed by atoms with Crippen LogP contribution in [0.2, 0.25) is 0 Å². The lowest BCUT2D eigenvalue weighted by Gasteiger charge is -2.27. The second-order valence-corrected chi connectivity index (χ2v) is 3.45. The predicted octanol–water partition coefficient (Wildman–Crippen LogP) is -1.50. The fourth-order valence-corrected chi connectivity index (χ4v) is 1.57. The third-order valence-electron chi connectivity index (χ3n) is 2.42. The van der Waals surface area contributed by atoms with E-state index in [4.69, 9.17) is 0 Å². The Bertz CT molecular complexity index is 305. The number of hydrogen-bond donors (Lipinski definition) is 1. The van der Waals surface area contributed by atoms with Crippen LogP contribution >= 0.6 is 0 Å². The molecule has 2 rings (SSSR count). The van der Waals surface area contributed by atoms with E-state index in [0.29, 0.717) is 13.0 Å². The van der Waals surface area contributed by atoms with Gasteiger partial charge in [-0.05, 0) is 10.4 Å². The maximum Gasteiger partial charge on any atom is 0.224 e. The molecule has 1 amide bonds. The molecule has 82 valence electrons. The third-order valence-corrected chi connectivity index (χ3v) is 2.42. The molecule has 15 heavy (non-hydrogen) atoms. The number of carbonyl (C=O) groups excluding carboxylic acids is 1. The van der Waals surface area contributed by atoms with Gasteiger partial charge in [0, 0.05) is 32.6 Å². The highest BCUT2D eigenvalue weighted by Crippen LogP contribution is 1.98. The summed E-state index contributed by atoms with van der Waals surface area (Å²) in [5, 5.41) is 13.9. The SMILES string of the molecule is O=C(CCn1cnnn1)N1CCNCC1. The summed E-state index contributed by atoms with van der Waals surface area (Å²) in [5.41, 5.74) is 0. The largest absolute Gasteiger partial charge is 0.340 e. The smallest absolute Gasteiger partial charge is 0.224 e. The van der Waals surface area contributed by atoms with Crippen molar-refractivity contribution in [2.24, 2.45) is 0 Å². The van der Waals surface area contributed by atoms with Gasteiger partial charge in [0.25, 0.3) is 0 Å². The Morgan fingerprint density at radius 2 is 2.20 bits per heavy atom. The fourth-order valence-electron chi connectivity index (χ4n) is 1.57. The zero-order chi connectivity index (χ0) is 10.5. The Hall–Kier alpha value is -1.50. The van der Waals surface area contributed by atoms with E-state index in [1.165, 1.54) is 6.33 Å². The lowest BCUT2D eigenvalue weighted by molar-refractivity contribution is -0.132. The summed E-state index contributed by atoms with van der Waals surface area (Å²) in [4.78, 5) is 13.6. The number of piperazine rings is 1. The van der Waals surface area contributed by atoms with Crippen LogP contribution < -0.4 is 5.32 Å². The quantitative estimate of drug-likeness (QED) is 0.656. The molecular weight excluding hydrogens is 196 g/mol. The molecule has 0 aliphatic carbocycles. The lowest BCUT2D eigenvalue weighted by Crippen LogP contribution is -2.46. The molecule has 0 spiro atoms. The van der Waals surface area contributed by atoms with Crippen molar-refractivity contribution in [1.29, 1.82) is 0 Å². The summed E-state index contributed by atoms with van der Waals surface area (Å²) in [7, 11) is 0. The van der Waals surface area contributed by atoms with Crippen molar-refractivity contribution in [2.75, 3.05) is 26.2 Å². The van der Waals surface area contributed by atoms with E-state index in [1.54, 1.807) is 4.68 Å². The van der Waals surface area contributed by atoms with Crippen LogP contribution in [0.1, 0.15) is 6.42 Å². The number of nitrogens with one attached hydrogen (secondary N) is 1. The van der Waals surface area contributed by atoms with E-state index < -0.39 is 0 Å². The molecule has 1 saturated heterocycles. The van der Waals surface area contributed by atoms with Gasteiger partial charge in [0.05, 0.1) is 6.54 Å². The zero-order valence-corrected chi connectivity index (χ0v) is 8.46. The average molecular weight is 210 g/mol. The Kier molecular flexibility index (Phi) is 3.23. The number of tetrazole rings is 1. The molecule has 0 bridgehead atoms. The minimum atomic E-state index is 0.173. The third kappa shape index (κ3) is 2.72. The van der Waals surface area contributed by atoms with Crippen LogP contribution in [0.25, 0.3) is 0 Å². The highest BCUT2D eigenvalue weighted by atomic mass is 16.2. The van der Waals surface area contributed by atoms with Crippen LogP contribution in [0.3, 0.4) is 0 Å². The highest BCUT2D eigenvalue weighted by molar-refractivity contribution is 5.76. The minimum absolute atomic E-state index is 0.173. The van der Waals surface area contributed by atoms with Crippen molar-refractivity contribution < 1.29 is 4.79 Å². The van der Waals surface area contributed by atoms with Crippen molar-refractivity contribution in [3.05, 3.63) is 6.33 Å². The molecule has 1 aromatic rings.